The molecule has 0 aliphatic carbocycles. The molecule has 1 aliphatic heterocycles. The van der Waals surface area contributed by atoms with E-state index in [9.17, 15) is 26.4 Å². The number of sulfonamides is 1. The number of piperazine rings is 1. The van der Waals surface area contributed by atoms with E-state index in [1.165, 1.54) is 27.4 Å². The Morgan fingerprint density at radius 1 is 1.06 bits per heavy atom. The first-order valence-corrected chi connectivity index (χ1v) is 11.7. The van der Waals surface area contributed by atoms with Crippen molar-refractivity contribution < 1.29 is 26.4 Å². The van der Waals surface area contributed by atoms with Gasteiger partial charge >= 0.3 is 6.18 Å². The molecule has 32 heavy (non-hydrogen) atoms. The van der Waals surface area contributed by atoms with Gasteiger partial charge in [0.05, 0.1) is 23.8 Å². The summed E-state index contributed by atoms with van der Waals surface area (Å²) in [5.41, 5.74) is 0.199. The smallest absolute Gasteiger partial charge is 0.376 e. The molecule has 2 aromatic carbocycles. The monoisotopic (exact) mass is 485 g/mol. The largest absolute Gasteiger partial charge is 0.416 e. The molecule has 2 heterocycles. The molecular formula is C19H18F3N5O3S2. The van der Waals surface area contributed by atoms with Gasteiger partial charge in [0.1, 0.15) is 15.9 Å². The summed E-state index contributed by atoms with van der Waals surface area (Å²) in [6, 6.07) is 9.37. The van der Waals surface area contributed by atoms with Crippen LogP contribution in [0.25, 0.3) is 11.0 Å². The molecule has 0 spiro atoms. The summed E-state index contributed by atoms with van der Waals surface area (Å²) in [4.78, 5) is 14.0. The number of nitrogens with zero attached hydrogens (tertiary/aromatic N) is 4. The Labute approximate surface area is 186 Å². The molecule has 0 unspecified atom stereocenters. The Hall–Kier alpha value is -2.77. The van der Waals surface area contributed by atoms with E-state index < -0.39 is 21.8 Å². The summed E-state index contributed by atoms with van der Waals surface area (Å²) in [6.07, 6.45) is -4.47. The van der Waals surface area contributed by atoms with E-state index in [1.54, 1.807) is 12.1 Å². The molecule has 1 saturated heterocycles. The summed E-state index contributed by atoms with van der Waals surface area (Å²) in [6.45, 7) is 0.357. The summed E-state index contributed by atoms with van der Waals surface area (Å²) in [5.74, 6) is -0.328. The van der Waals surface area contributed by atoms with Crippen LogP contribution in [0.2, 0.25) is 0 Å². The third kappa shape index (κ3) is 4.54. The number of rotatable bonds is 5. The minimum absolute atomic E-state index is 0.0785. The molecule has 0 saturated carbocycles. The fraction of sp³-hybridized carbons (Fsp3) is 0.316. The summed E-state index contributed by atoms with van der Waals surface area (Å²) in [7, 11) is -3.80. The van der Waals surface area contributed by atoms with Crippen LogP contribution in [0.4, 0.5) is 18.9 Å². The molecule has 4 rings (SSSR count). The van der Waals surface area contributed by atoms with Crippen molar-refractivity contribution in [2.75, 3.05) is 38.0 Å². The van der Waals surface area contributed by atoms with E-state index in [0.29, 0.717) is 11.0 Å². The molecule has 8 nitrogen and oxygen atoms in total. The second-order valence-electron chi connectivity index (χ2n) is 7.11. The molecule has 170 valence electrons. The number of amides is 1. The number of halogens is 3. The molecular weight excluding hydrogens is 467 g/mol. The zero-order valence-electron chi connectivity index (χ0n) is 16.5. The van der Waals surface area contributed by atoms with Crippen LogP contribution in [0, 0.1) is 0 Å². The number of nitrogens with one attached hydrogen (secondary N) is 1. The molecule has 3 aromatic rings. The van der Waals surface area contributed by atoms with Crippen LogP contribution in [0.15, 0.2) is 47.4 Å². The number of anilines is 1. The van der Waals surface area contributed by atoms with E-state index in [2.05, 4.69) is 14.1 Å². The van der Waals surface area contributed by atoms with Crippen LogP contribution in [-0.4, -0.2) is 65.0 Å². The van der Waals surface area contributed by atoms with Crippen molar-refractivity contribution in [3.8, 4) is 0 Å². The Morgan fingerprint density at radius 3 is 2.50 bits per heavy atom. The summed E-state index contributed by atoms with van der Waals surface area (Å²) in [5, 5.41) is 2.70. The van der Waals surface area contributed by atoms with Crippen LogP contribution in [0.5, 0.6) is 0 Å². The highest BCUT2D eigenvalue weighted by atomic mass is 32.2. The number of benzene rings is 2. The van der Waals surface area contributed by atoms with E-state index >= 15 is 0 Å². The maximum Gasteiger partial charge on any atom is 0.416 e. The lowest BCUT2D eigenvalue weighted by Gasteiger charge is -2.34. The van der Waals surface area contributed by atoms with Crippen LogP contribution in [0.1, 0.15) is 5.56 Å². The van der Waals surface area contributed by atoms with Gasteiger partial charge < -0.3 is 10.2 Å². The first-order valence-electron chi connectivity index (χ1n) is 9.56. The zero-order chi connectivity index (χ0) is 22.9. The van der Waals surface area contributed by atoms with Crippen molar-refractivity contribution >= 4 is 44.4 Å². The van der Waals surface area contributed by atoms with Crippen molar-refractivity contribution in [2.45, 2.75) is 11.1 Å². The quantitative estimate of drug-likeness (QED) is 0.597. The third-order valence-corrected chi connectivity index (χ3v) is 7.56. The normalized spacial score (nSPS) is 15.8. The molecule has 0 atom stereocenters. The Bertz CT molecular complexity index is 1240. The first-order chi connectivity index (χ1) is 15.2. The number of alkyl halides is 3. The van der Waals surface area contributed by atoms with Crippen molar-refractivity contribution in [1.82, 2.24) is 18.0 Å². The molecule has 1 N–H and O–H groups in total. The predicted octanol–water partition coefficient (Wildman–Crippen LogP) is 2.66. The fourth-order valence-corrected chi connectivity index (χ4v) is 5.58. The van der Waals surface area contributed by atoms with Crippen LogP contribution in [-0.2, 0) is 21.0 Å². The zero-order valence-corrected chi connectivity index (χ0v) is 18.2. The van der Waals surface area contributed by atoms with Gasteiger partial charge in [0, 0.05) is 31.9 Å². The molecule has 1 amide bonds. The van der Waals surface area contributed by atoms with E-state index in [1.807, 2.05) is 0 Å². The number of carbonyl (C=O) groups excluding carboxylic acids is 1. The van der Waals surface area contributed by atoms with E-state index in [4.69, 9.17) is 0 Å². The second-order valence-corrected chi connectivity index (χ2v) is 9.54. The van der Waals surface area contributed by atoms with Gasteiger partial charge in [0.15, 0.2) is 0 Å². The van der Waals surface area contributed by atoms with E-state index in [-0.39, 0.29) is 49.2 Å². The SMILES string of the molecule is O=C(CNc1cccc(C(F)(F)F)c1)N1CCN(S(=O)(=O)c2cccc3nsnc23)CC1. The molecule has 1 fully saturated rings. The number of hydrogen-bond donors (Lipinski definition) is 1. The predicted molar refractivity (Wildman–Crippen MR) is 113 cm³/mol. The number of hydrogen-bond acceptors (Lipinski definition) is 7. The highest BCUT2D eigenvalue weighted by Gasteiger charge is 2.32. The van der Waals surface area contributed by atoms with Crippen LogP contribution >= 0.6 is 11.7 Å². The molecule has 1 aliphatic rings. The third-order valence-electron chi connectivity index (χ3n) is 5.09. The van der Waals surface area contributed by atoms with Gasteiger partial charge in [-0.05, 0) is 30.3 Å². The second kappa shape index (κ2) is 8.64. The highest BCUT2D eigenvalue weighted by Crippen LogP contribution is 2.30. The van der Waals surface area contributed by atoms with Gasteiger partial charge in [-0.1, -0.05) is 12.1 Å². The Morgan fingerprint density at radius 2 is 1.78 bits per heavy atom. The molecule has 1 aromatic heterocycles. The van der Waals surface area contributed by atoms with E-state index in [0.717, 1.165) is 23.9 Å². The average Bonchev–Trinajstić information content (AvgIpc) is 3.26. The van der Waals surface area contributed by atoms with Crippen molar-refractivity contribution in [3.63, 3.8) is 0 Å². The minimum Gasteiger partial charge on any atom is -0.376 e. The van der Waals surface area contributed by atoms with Gasteiger partial charge in [-0.15, -0.1) is 0 Å². The lowest BCUT2D eigenvalue weighted by atomic mass is 10.2. The maximum atomic E-state index is 13.1. The van der Waals surface area contributed by atoms with Crippen molar-refractivity contribution in [1.29, 1.82) is 0 Å². The average molecular weight is 486 g/mol. The molecule has 0 bridgehead atoms. The van der Waals surface area contributed by atoms with Crippen LogP contribution < -0.4 is 5.32 Å². The lowest BCUT2D eigenvalue weighted by Crippen LogP contribution is -2.51. The topological polar surface area (TPSA) is 95.5 Å². The number of fused-ring (bicyclic) bond motifs is 1. The van der Waals surface area contributed by atoms with Crippen molar-refractivity contribution in [3.05, 3.63) is 48.0 Å². The Balaban J connectivity index is 1.36. The van der Waals surface area contributed by atoms with Gasteiger partial charge in [-0.2, -0.15) is 26.2 Å². The van der Waals surface area contributed by atoms with Crippen molar-refractivity contribution in [2.24, 2.45) is 0 Å². The standard InChI is InChI=1S/C19H18F3N5O3S2/c20-19(21,22)13-3-1-4-14(11-13)23-12-17(28)26-7-9-27(10-8-26)32(29,30)16-6-2-5-15-18(16)25-31-24-15/h1-6,11,23H,7-10,12H2. The summed E-state index contributed by atoms with van der Waals surface area (Å²) < 4.78 is 74.0. The fourth-order valence-electron chi connectivity index (χ4n) is 3.40. The Kier molecular flexibility index (Phi) is 6.05. The van der Waals surface area contributed by atoms with Gasteiger partial charge in [0.25, 0.3) is 0 Å². The van der Waals surface area contributed by atoms with Crippen LogP contribution in [0.3, 0.4) is 0 Å². The lowest BCUT2D eigenvalue weighted by molar-refractivity contribution is -0.137. The summed E-state index contributed by atoms with van der Waals surface area (Å²) >= 11 is 0.935. The van der Waals surface area contributed by atoms with Gasteiger partial charge in [-0.3, -0.25) is 4.79 Å². The molecule has 13 heteroatoms. The first kappa shape index (κ1) is 22.4. The number of carbonyl (C=O) groups is 1. The minimum atomic E-state index is -4.47. The van der Waals surface area contributed by atoms with Gasteiger partial charge in [0.2, 0.25) is 15.9 Å². The molecule has 0 radical (unpaired) electrons. The number of aromatic nitrogens is 2. The maximum absolute atomic E-state index is 13.1. The van der Waals surface area contributed by atoms with Gasteiger partial charge in [-0.25, -0.2) is 8.42 Å². The highest BCUT2D eigenvalue weighted by molar-refractivity contribution is 7.89.